The third kappa shape index (κ3) is 3.34. The number of aromatic amines is 1. The molecule has 1 atom stereocenters. The fourth-order valence-electron chi connectivity index (χ4n) is 2.60. The molecular formula is C16H23NOS. The molecule has 0 aliphatic carbocycles. The first-order valence-corrected chi connectivity index (χ1v) is 8.20. The summed E-state index contributed by atoms with van der Waals surface area (Å²) in [5, 5.41) is 11.8. The van der Waals surface area contributed by atoms with Gasteiger partial charge in [-0.2, -0.15) is 0 Å². The van der Waals surface area contributed by atoms with E-state index < -0.39 is 5.60 Å². The first-order valence-electron chi connectivity index (χ1n) is 6.98. The van der Waals surface area contributed by atoms with Crippen LogP contribution in [-0.4, -0.2) is 21.9 Å². The molecule has 2 aromatic rings. The Labute approximate surface area is 119 Å². The largest absolute Gasteiger partial charge is 0.389 e. The molecule has 19 heavy (non-hydrogen) atoms. The van der Waals surface area contributed by atoms with Crippen LogP contribution in [0.5, 0.6) is 0 Å². The topological polar surface area (TPSA) is 36.0 Å². The molecule has 1 unspecified atom stereocenters. The van der Waals surface area contributed by atoms with Crippen molar-refractivity contribution in [2.45, 2.75) is 50.0 Å². The van der Waals surface area contributed by atoms with Gasteiger partial charge in [-0.25, -0.2) is 0 Å². The highest BCUT2D eigenvalue weighted by atomic mass is 32.2. The standard InChI is InChI=1S/C16H23NOS/c1-4-8-16(18,5-2)11-13-9-12-10-14(19-3)6-7-15(12)17-13/h6-7,9-10,17-18H,4-5,8,11H2,1-3H3. The number of rotatable bonds is 6. The first kappa shape index (κ1) is 14.5. The lowest BCUT2D eigenvalue weighted by Crippen LogP contribution is -2.30. The summed E-state index contributed by atoms with van der Waals surface area (Å²) in [5.74, 6) is 0. The van der Waals surface area contributed by atoms with E-state index in [1.54, 1.807) is 11.8 Å². The second-order valence-electron chi connectivity index (χ2n) is 5.25. The highest BCUT2D eigenvalue weighted by Crippen LogP contribution is 2.27. The van der Waals surface area contributed by atoms with Gasteiger partial charge in [-0.1, -0.05) is 20.3 Å². The van der Waals surface area contributed by atoms with Crippen molar-refractivity contribution in [1.82, 2.24) is 4.98 Å². The molecule has 2 rings (SSSR count). The molecule has 1 aromatic carbocycles. The number of thioether (sulfide) groups is 1. The van der Waals surface area contributed by atoms with Crippen LogP contribution in [0.15, 0.2) is 29.2 Å². The molecule has 0 aliphatic heterocycles. The van der Waals surface area contributed by atoms with E-state index in [0.29, 0.717) is 6.42 Å². The first-order chi connectivity index (χ1) is 9.10. The number of fused-ring (bicyclic) bond motifs is 1. The summed E-state index contributed by atoms with van der Waals surface area (Å²) in [6.07, 6.45) is 5.47. The van der Waals surface area contributed by atoms with Gasteiger partial charge in [0.1, 0.15) is 0 Å². The molecule has 1 aromatic heterocycles. The summed E-state index contributed by atoms with van der Waals surface area (Å²) in [5.41, 5.74) is 1.71. The van der Waals surface area contributed by atoms with E-state index in [-0.39, 0.29) is 0 Å². The fourth-order valence-corrected chi connectivity index (χ4v) is 3.05. The van der Waals surface area contributed by atoms with Gasteiger partial charge in [-0.15, -0.1) is 11.8 Å². The maximum absolute atomic E-state index is 10.6. The monoisotopic (exact) mass is 277 g/mol. The SMILES string of the molecule is CCCC(O)(CC)Cc1cc2cc(SC)ccc2[nH]1. The van der Waals surface area contributed by atoms with Crippen LogP contribution in [0.1, 0.15) is 38.8 Å². The Morgan fingerprint density at radius 1 is 1.26 bits per heavy atom. The van der Waals surface area contributed by atoms with Crippen LogP contribution in [0.4, 0.5) is 0 Å². The third-order valence-electron chi connectivity index (χ3n) is 3.78. The molecule has 0 bridgehead atoms. The quantitative estimate of drug-likeness (QED) is 0.769. The van der Waals surface area contributed by atoms with Gasteiger partial charge in [0.2, 0.25) is 0 Å². The van der Waals surface area contributed by atoms with Crippen LogP contribution >= 0.6 is 11.8 Å². The lowest BCUT2D eigenvalue weighted by Gasteiger charge is -2.25. The average molecular weight is 277 g/mol. The highest BCUT2D eigenvalue weighted by Gasteiger charge is 2.24. The number of hydrogen-bond acceptors (Lipinski definition) is 2. The summed E-state index contributed by atoms with van der Waals surface area (Å²) in [6.45, 7) is 4.18. The maximum Gasteiger partial charge on any atom is 0.0699 e. The van der Waals surface area contributed by atoms with Crippen molar-refractivity contribution in [2.24, 2.45) is 0 Å². The Hall–Kier alpha value is -0.930. The van der Waals surface area contributed by atoms with Gasteiger partial charge in [-0.05, 0) is 43.4 Å². The summed E-state index contributed by atoms with van der Waals surface area (Å²) in [4.78, 5) is 4.70. The molecule has 0 saturated heterocycles. The normalized spacial score (nSPS) is 14.7. The number of H-pyrrole nitrogens is 1. The third-order valence-corrected chi connectivity index (χ3v) is 4.50. The lowest BCUT2D eigenvalue weighted by atomic mass is 9.90. The van der Waals surface area contributed by atoms with Crippen molar-refractivity contribution in [2.75, 3.05) is 6.26 Å². The lowest BCUT2D eigenvalue weighted by molar-refractivity contribution is 0.0263. The number of aliphatic hydroxyl groups is 1. The van der Waals surface area contributed by atoms with Crippen LogP contribution in [0.2, 0.25) is 0 Å². The molecule has 1 heterocycles. The van der Waals surface area contributed by atoms with Crippen molar-refractivity contribution in [3.8, 4) is 0 Å². The van der Waals surface area contributed by atoms with E-state index >= 15 is 0 Å². The Balaban J connectivity index is 2.25. The summed E-state index contributed by atoms with van der Waals surface area (Å²) in [7, 11) is 0. The molecular weight excluding hydrogens is 254 g/mol. The molecule has 2 nitrogen and oxygen atoms in total. The van der Waals surface area contributed by atoms with Crippen LogP contribution in [0, 0.1) is 0 Å². The van der Waals surface area contributed by atoms with Crippen LogP contribution in [-0.2, 0) is 6.42 Å². The van der Waals surface area contributed by atoms with Gasteiger partial charge in [0.15, 0.2) is 0 Å². The minimum absolute atomic E-state index is 0.571. The molecule has 0 saturated carbocycles. The average Bonchev–Trinajstić information content (AvgIpc) is 2.79. The summed E-state index contributed by atoms with van der Waals surface area (Å²) >= 11 is 1.76. The van der Waals surface area contributed by atoms with Crippen molar-refractivity contribution >= 4 is 22.7 Å². The molecule has 0 fully saturated rings. The zero-order chi connectivity index (χ0) is 13.9. The van der Waals surface area contributed by atoms with Crippen molar-refractivity contribution in [3.05, 3.63) is 30.0 Å². The van der Waals surface area contributed by atoms with Crippen molar-refractivity contribution in [3.63, 3.8) is 0 Å². The zero-order valence-electron chi connectivity index (χ0n) is 12.0. The van der Waals surface area contributed by atoms with Crippen molar-refractivity contribution in [1.29, 1.82) is 0 Å². The van der Waals surface area contributed by atoms with Gasteiger partial charge >= 0.3 is 0 Å². The summed E-state index contributed by atoms with van der Waals surface area (Å²) in [6, 6.07) is 8.62. The smallest absolute Gasteiger partial charge is 0.0699 e. The van der Waals surface area contributed by atoms with E-state index in [2.05, 4.69) is 49.4 Å². The van der Waals surface area contributed by atoms with E-state index in [0.717, 1.165) is 30.5 Å². The molecule has 104 valence electrons. The Morgan fingerprint density at radius 2 is 2.05 bits per heavy atom. The minimum atomic E-state index is -0.571. The summed E-state index contributed by atoms with van der Waals surface area (Å²) < 4.78 is 0. The molecule has 0 spiro atoms. The fraction of sp³-hybridized carbons (Fsp3) is 0.500. The van der Waals surface area contributed by atoms with E-state index in [4.69, 9.17) is 0 Å². The number of nitrogens with one attached hydrogen (secondary N) is 1. The van der Waals surface area contributed by atoms with Gasteiger partial charge in [0.05, 0.1) is 5.60 Å². The van der Waals surface area contributed by atoms with Crippen LogP contribution in [0.25, 0.3) is 10.9 Å². The predicted octanol–water partition coefficient (Wildman–Crippen LogP) is 4.37. The van der Waals surface area contributed by atoms with E-state index in [1.807, 2.05) is 0 Å². The van der Waals surface area contributed by atoms with Gasteiger partial charge in [0, 0.05) is 27.9 Å². The number of aromatic nitrogens is 1. The second kappa shape index (κ2) is 6.02. The van der Waals surface area contributed by atoms with Crippen molar-refractivity contribution < 1.29 is 5.11 Å². The second-order valence-corrected chi connectivity index (χ2v) is 6.13. The molecule has 0 aliphatic rings. The van der Waals surface area contributed by atoms with Crippen LogP contribution in [0.3, 0.4) is 0 Å². The van der Waals surface area contributed by atoms with E-state index in [9.17, 15) is 5.11 Å². The zero-order valence-corrected chi connectivity index (χ0v) is 12.8. The maximum atomic E-state index is 10.6. The van der Waals surface area contributed by atoms with Gasteiger partial charge in [-0.3, -0.25) is 0 Å². The Kier molecular flexibility index (Phi) is 4.58. The van der Waals surface area contributed by atoms with Gasteiger partial charge < -0.3 is 10.1 Å². The van der Waals surface area contributed by atoms with Crippen LogP contribution < -0.4 is 0 Å². The Morgan fingerprint density at radius 3 is 2.68 bits per heavy atom. The highest BCUT2D eigenvalue weighted by molar-refractivity contribution is 7.98. The molecule has 2 N–H and O–H groups in total. The number of benzene rings is 1. The molecule has 0 amide bonds. The van der Waals surface area contributed by atoms with Gasteiger partial charge in [0.25, 0.3) is 0 Å². The number of hydrogen-bond donors (Lipinski definition) is 2. The predicted molar refractivity (Wildman–Crippen MR) is 83.9 cm³/mol. The minimum Gasteiger partial charge on any atom is -0.389 e. The van der Waals surface area contributed by atoms with E-state index in [1.165, 1.54) is 10.3 Å². The molecule has 0 radical (unpaired) electrons. The molecule has 3 heteroatoms. The Bertz CT molecular complexity index is 549.